The normalized spacial score (nSPS) is 10.2. The summed E-state index contributed by atoms with van der Waals surface area (Å²) in [6, 6.07) is 4.51. The Bertz CT molecular complexity index is 568. The van der Waals surface area contributed by atoms with Crippen LogP contribution in [-0.2, 0) is 0 Å². The summed E-state index contributed by atoms with van der Waals surface area (Å²) in [6.07, 6.45) is 0. The number of carbonyl (C=O) groups is 1. The van der Waals surface area contributed by atoms with Gasteiger partial charge in [0.25, 0.3) is 5.91 Å². The molecule has 0 fully saturated rings. The third-order valence-corrected chi connectivity index (χ3v) is 3.15. The van der Waals surface area contributed by atoms with Gasteiger partial charge >= 0.3 is 0 Å². The maximum Gasteiger partial charge on any atom is 0.275 e. The summed E-state index contributed by atoms with van der Waals surface area (Å²) in [4.78, 5) is 15.8. The number of benzene rings is 1. The molecular weight excluding hydrogens is 260 g/mol. The quantitative estimate of drug-likeness (QED) is 0.880. The summed E-state index contributed by atoms with van der Waals surface area (Å²) < 4.78 is 0. The van der Waals surface area contributed by atoms with Crippen molar-refractivity contribution in [2.75, 3.05) is 5.32 Å². The molecule has 0 bridgehead atoms. The number of anilines is 1. The largest absolute Gasteiger partial charge is 0.506 e. The van der Waals surface area contributed by atoms with E-state index in [4.69, 9.17) is 11.6 Å². The van der Waals surface area contributed by atoms with Gasteiger partial charge in [0.2, 0.25) is 0 Å². The molecule has 0 saturated heterocycles. The van der Waals surface area contributed by atoms with E-state index in [-0.39, 0.29) is 16.7 Å². The lowest BCUT2D eigenvalue weighted by Crippen LogP contribution is -2.12. The van der Waals surface area contributed by atoms with E-state index in [2.05, 4.69) is 10.3 Å². The molecule has 0 aliphatic carbocycles. The SMILES string of the molecule is Cc1nc(C(=O)Nc2ccc(Cl)c(O)c2)cs1. The molecular formula is C11H9ClN2O2S. The van der Waals surface area contributed by atoms with Crippen LogP contribution in [-0.4, -0.2) is 16.0 Å². The summed E-state index contributed by atoms with van der Waals surface area (Å²) in [5.41, 5.74) is 0.837. The third-order valence-electron chi connectivity index (χ3n) is 2.06. The molecule has 1 amide bonds. The lowest BCUT2D eigenvalue weighted by Gasteiger charge is -2.04. The fourth-order valence-electron chi connectivity index (χ4n) is 1.25. The summed E-state index contributed by atoms with van der Waals surface area (Å²) >= 11 is 7.07. The van der Waals surface area contributed by atoms with E-state index in [9.17, 15) is 9.90 Å². The van der Waals surface area contributed by atoms with Crippen molar-refractivity contribution in [2.24, 2.45) is 0 Å². The van der Waals surface area contributed by atoms with Crippen LogP contribution in [0, 0.1) is 6.92 Å². The van der Waals surface area contributed by atoms with Crippen LogP contribution in [0.5, 0.6) is 5.75 Å². The van der Waals surface area contributed by atoms with Gasteiger partial charge in [0, 0.05) is 17.1 Å². The number of nitrogens with one attached hydrogen (secondary N) is 1. The van der Waals surface area contributed by atoms with Crippen LogP contribution in [0.1, 0.15) is 15.5 Å². The lowest BCUT2D eigenvalue weighted by molar-refractivity contribution is 0.102. The summed E-state index contributed by atoms with van der Waals surface area (Å²) in [5.74, 6) is -0.380. The molecule has 1 heterocycles. The molecule has 1 aromatic heterocycles. The Kier molecular flexibility index (Phi) is 3.31. The number of phenolic OH excluding ortho intramolecular Hbond substituents is 1. The fraction of sp³-hybridized carbons (Fsp3) is 0.0909. The van der Waals surface area contributed by atoms with E-state index in [1.165, 1.54) is 23.5 Å². The van der Waals surface area contributed by atoms with Gasteiger partial charge in [-0.3, -0.25) is 4.79 Å². The first kappa shape index (κ1) is 11.9. The molecule has 1 aromatic carbocycles. The number of aromatic nitrogens is 1. The first-order valence-electron chi connectivity index (χ1n) is 4.78. The number of hydrogen-bond donors (Lipinski definition) is 2. The zero-order valence-electron chi connectivity index (χ0n) is 8.90. The van der Waals surface area contributed by atoms with Crippen LogP contribution in [0.25, 0.3) is 0 Å². The monoisotopic (exact) mass is 268 g/mol. The highest BCUT2D eigenvalue weighted by Gasteiger charge is 2.10. The topological polar surface area (TPSA) is 62.2 Å². The van der Waals surface area contributed by atoms with Gasteiger partial charge < -0.3 is 10.4 Å². The molecule has 2 aromatic rings. The van der Waals surface area contributed by atoms with Gasteiger partial charge in [0.15, 0.2) is 0 Å². The van der Waals surface area contributed by atoms with Crippen molar-refractivity contribution < 1.29 is 9.90 Å². The maximum atomic E-state index is 11.7. The Hall–Kier alpha value is -1.59. The average Bonchev–Trinajstić information content (AvgIpc) is 2.70. The van der Waals surface area contributed by atoms with Crippen molar-refractivity contribution in [2.45, 2.75) is 6.92 Å². The minimum absolute atomic E-state index is 0.0704. The molecule has 6 heteroatoms. The van der Waals surface area contributed by atoms with Crippen LogP contribution >= 0.6 is 22.9 Å². The van der Waals surface area contributed by atoms with Gasteiger partial charge in [-0.2, -0.15) is 0 Å². The zero-order chi connectivity index (χ0) is 12.4. The Labute approximate surface area is 107 Å². The number of thiazole rings is 1. The molecule has 2 N–H and O–H groups in total. The van der Waals surface area contributed by atoms with Crippen LogP contribution in [0.15, 0.2) is 23.6 Å². The van der Waals surface area contributed by atoms with E-state index >= 15 is 0 Å². The van der Waals surface area contributed by atoms with Crippen molar-refractivity contribution >= 4 is 34.5 Å². The number of aromatic hydroxyl groups is 1. The second kappa shape index (κ2) is 4.73. The Balaban J connectivity index is 2.15. The molecule has 0 aliphatic rings. The van der Waals surface area contributed by atoms with Gasteiger partial charge in [-0.1, -0.05) is 11.6 Å². The number of carbonyl (C=O) groups excluding carboxylic acids is 1. The van der Waals surface area contributed by atoms with Crippen LogP contribution < -0.4 is 5.32 Å². The number of nitrogens with zero attached hydrogens (tertiary/aromatic N) is 1. The molecule has 4 nitrogen and oxygen atoms in total. The van der Waals surface area contributed by atoms with Crippen molar-refractivity contribution in [1.82, 2.24) is 4.98 Å². The molecule has 17 heavy (non-hydrogen) atoms. The number of rotatable bonds is 2. The van der Waals surface area contributed by atoms with Gasteiger partial charge in [-0.05, 0) is 19.1 Å². The molecule has 88 valence electrons. The number of amides is 1. The Morgan fingerprint density at radius 3 is 2.88 bits per heavy atom. The van der Waals surface area contributed by atoms with Gasteiger partial charge in [0.1, 0.15) is 11.4 Å². The average molecular weight is 269 g/mol. The minimum atomic E-state index is -0.309. The highest BCUT2D eigenvalue weighted by atomic mass is 35.5. The summed E-state index contributed by atoms with van der Waals surface area (Å²) in [7, 11) is 0. The summed E-state index contributed by atoms with van der Waals surface area (Å²) in [5, 5.41) is 14.8. The second-order valence-corrected chi connectivity index (χ2v) is 4.84. The Morgan fingerprint density at radius 1 is 1.53 bits per heavy atom. The lowest BCUT2D eigenvalue weighted by atomic mass is 10.3. The van der Waals surface area contributed by atoms with E-state index in [1.807, 2.05) is 6.92 Å². The minimum Gasteiger partial charge on any atom is -0.506 e. The predicted octanol–water partition coefficient (Wildman–Crippen LogP) is 3.06. The first-order chi connectivity index (χ1) is 8.06. The third kappa shape index (κ3) is 2.75. The smallest absolute Gasteiger partial charge is 0.275 e. The van der Waals surface area contributed by atoms with Crippen molar-refractivity contribution in [3.05, 3.63) is 39.3 Å². The number of phenols is 1. The number of aryl methyl sites for hydroxylation is 1. The molecule has 0 unspecified atom stereocenters. The maximum absolute atomic E-state index is 11.7. The highest BCUT2D eigenvalue weighted by Crippen LogP contribution is 2.26. The van der Waals surface area contributed by atoms with Crippen molar-refractivity contribution in [3.63, 3.8) is 0 Å². The van der Waals surface area contributed by atoms with Crippen LogP contribution in [0.2, 0.25) is 5.02 Å². The van der Waals surface area contributed by atoms with Gasteiger partial charge in [-0.25, -0.2) is 4.98 Å². The van der Waals surface area contributed by atoms with Crippen LogP contribution in [0.3, 0.4) is 0 Å². The molecule has 0 radical (unpaired) electrons. The van der Waals surface area contributed by atoms with Gasteiger partial charge in [0.05, 0.1) is 10.0 Å². The first-order valence-corrected chi connectivity index (χ1v) is 6.04. The van der Waals surface area contributed by atoms with E-state index < -0.39 is 0 Å². The van der Waals surface area contributed by atoms with E-state index in [0.29, 0.717) is 11.4 Å². The zero-order valence-corrected chi connectivity index (χ0v) is 10.5. The van der Waals surface area contributed by atoms with E-state index in [0.717, 1.165) is 5.01 Å². The van der Waals surface area contributed by atoms with E-state index in [1.54, 1.807) is 11.4 Å². The number of halogens is 1. The fourth-order valence-corrected chi connectivity index (χ4v) is 1.96. The van der Waals surface area contributed by atoms with Crippen LogP contribution in [0.4, 0.5) is 5.69 Å². The van der Waals surface area contributed by atoms with Crippen molar-refractivity contribution in [1.29, 1.82) is 0 Å². The standard InChI is InChI=1S/C11H9ClN2O2S/c1-6-13-9(5-17-6)11(16)14-7-2-3-8(12)10(15)4-7/h2-5,15H,1H3,(H,14,16). The Morgan fingerprint density at radius 2 is 2.29 bits per heavy atom. The second-order valence-electron chi connectivity index (χ2n) is 3.37. The molecule has 0 saturated carbocycles. The molecule has 2 rings (SSSR count). The molecule has 0 atom stereocenters. The molecule has 0 spiro atoms. The van der Waals surface area contributed by atoms with Gasteiger partial charge in [-0.15, -0.1) is 11.3 Å². The molecule has 0 aliphatic heterocycles. The summed E-state index contributed by atoms with van der Waals surface area (Å²) in [6.45, 7) is 1.83. The number of hydrogen-bond acceptors (Lipinski definition) is 4. The predicted molar refractivity (Wildman–Crippen MR) is 67.9 cm³/mol. The highest BCUT2D eigenvalue weighted by molar-refractivity contribution is 7.09. The van der Waals surface area contributed by atoms with Crippen molar-refractivity contribution in [3.8, 4) is 5.75 Å².